The van der Waals surface area contributed by atoms with Gasteiger partial charge in [-0.25, -0.2) is 4.79 Å². The zero-order valence-electron chi connectivity index (χ0n) is 18.1. The van der Waals surface area contributed by atoms with Crippen molar-refractivity contribution >= 4 is 29.4 Å². The van der Waals surface area contributed by atoms with E-state index in [1.165, 1.54) is 23.1 Å². The Labute approximate surface area is 191 Å². The first-order valence-corrected chi connectivity index (χ1v) is 10.6. The van der Waals surface area contributed by atoms with Crippen LogP contribution in [0, 0.1) is 0 Å². The fourth-order valence-corrected chi connectivity index (χ4v) is 3.73. The van der Waals surface area contributed by atoms with Crippen molar-refractivity contribution in [1.82, 2.24) is 4.90 Å². The number of hydrogen-bond donors (Lipinski definition) is 0. The third-order valence-electron chi connectivity index (χ3n) is 5.40. The average Bonchev–Trinajstić information content (AvgIpc) is 3.08. The molecule has 33 heavy (non-hydrogen) atoms. The average molecular weight is 442 g/mol. The van der Waals surface area contributed by atoms with Crippen molar-refractivity contribution in [3.05, 3.63) is 101 Å². The van der Waals surface area contributed by atoms with E-state index in [0.29, 0.717) is 12.2 Å². The lowest BCUT2D eigenvalue weighted by atomic mass is 10.1. The van der Waals surface area contributed by atoms with Gasteiger partial charge in [-0.05, 0) is 42.8 Å². The number of imide groups is 1. The summed E-state index contributed by atoms with van der Waals surface area (Å²) in [5, 5.41) is 0. The molecule has 3 aromatic rings. The molecule has 7 heteroatoms. The summed E-state index contributed by atoms with van der Waals surface area (Å²) in [6, 6.07) is 22.5. The molecule has 1 aliphatic heterocycles. The monoisotopic (exact) mass is 442 g/mol. The van der Waals surface area contributed by atoms with Crippen molar-refractivity contribution in [2.45, 2.75) is 13.5 Å². The Hall–Kier alpha value is -4.26. The second kappa shape index (κ2) is 9.48. The fraction of sp³-hybridized carbons (Fsp3) is 0.154. The number of hydrogen-bond acceptors (Lipinski definition) is 5. The minimum absolute atomic E-state index is 0.104. The first-order valence-electron chi connectivity index (χ1n) is 10.6. The van der Waals surface area contributed by atoms with Crippen molar-refractivity contribution < 1.29 is 23.9 Å². The number of anilines is 1. The maximum atomic E-state index is 12.8. The third kappa shape index (κ3) is 4.52. The lowest BCUT2D eigenvalue weighted by Crippen LogP contribution is -2.34. The van der Waals surface area contributed by atoms with Gasteiger partial charge in [-0.15, -0.1) is 0 Å². The van der Waals surface area contributed by atoms with E-state index < -0.39 is 24.4 Å². The van der Waals surface area contributed by atoms with Crippen LogP contribution in [0.25, 0.3) is 0 Å². The molecular weight excluding hydrogens is 420 g/mol. The number of esters is 1. The number of carbonyl (C=O) groups is 4. The SMILES string of the molecule is CCN(C(=O)COC(=O)c1ccc2c(c1)C(=O)N(Cc1ccccc1)C2=O)c1ccccc1. The molecule has 0 radical (unpaired) electrons. The highest BCUT2D eigenvalue weighted by molar-refractivity contribution is 6.21. The number of amides is 3. The van der Waals surface area contributed by atoms with Crippen LogP contribution < -0.4 is 4.90 Å². The summed E-state index contributed by atoms with van der Waals surface area (Å²) in [6.45, 7) is 1.96. The van der Waals surface area contributed by atoms with E-state index in [2.05, 4.69) is 0 Å². The zero-order valence-corrected chi connectivity index (χ0v) is 18.1. The summed E-state index contributed by atoms with van der Waals surface area (Å²) in [5.74, 6) is -1.98. The molecule has 0 bridgehead atoms. The molecule has 0 fully saturated rings. The van der Waals surface area contributed by atoms with Crippen LogP contribution in [0.15, 0.2) is 78.9 Å². The van der Waals surface area contributed by atoms with E-state index in [9.17, 15) is 19.2 Å². The summed E-state index contributed by atoms with van der Waals surface area (Å²) in [4.78, 5) is 53.3. The van der Waals surface area contributed by atoms with Crippen LogP contribution in [0.2, 0.25) is 0 Å². The van der Waals surface area contributed by atoms with E-state index in [0.717, 1.165) is 10.5 Å². The lowest BCUT2D eigenvalue weighted by molar-refractivity contribution is -0.121. The highest BCUT2D eigenvalue weighted by Crippen LogP contribution is 2.26. The van der Waals surface area contributed by atoms with Crippen molar-refractivity contribution in [3.63, 3.8) is 0 Å². The number of ether oxygens (including phenoxy) is 1. The van der Waals surface area contributed by atoms with E-state index >= 15 is 0 Å². The Morgan fingerprint density at radius 3 is 2.15 bits per heavy atom. The van der Waals surface area contributed by atoms with E-state index in [-0.39, 0.29) is 29.1 Å². The van der Waals surface area contributed by atoms with E-state index in [1.54, 1.807) is 12.1 Å². The molecule has 0 unspecified atom stereocenters. The second-order valence-corrected chi connectivity index (χ2v) is 7.49. The Bertz CT molecular complexity index is 1210. The highest BCUT2D eigenvalue weighted by Gasteiger charge is 2.36. The van der Waals surface area contributed by atoms with Gasteiger partial charge in [-0.2, -0.15) is 0 Å². The lowest BCUT2D eigenvalue weighted by Gasteiger charge is -2.20. The number of benzene rings is 3. The van der Waals surface area contributed by atoms with Crippen LogP contribution in [0.3, 0.4) is 0 Å². The van der Waals surface area contributed by atoms with Crippen LogP contribution in [0.5, 0.6) is 0 Å². The van der Waals surface area contributed by atoms with E-state index in [4.69, 9.17) is 4.74 Å². The molecule has 0 aromatic heterocycles. The number of fused-ring (bicyclic) bond motifs is 1. The third-order valence-corrected chi connectivity index (χ3v) is 5.40. The molecule has 1 heterocycles. The van der Waals surface area contributed by atoms with Gasteiger partial charge in [0, 0.05) is 12.2 Å². The number of nitrogens with zero attached hydrogens (tertiary/aromatic N) is 2. The molecule has 3 aromatic carbocycles. The van der Waals surface area contributed by atoms with Crippen molar-refractivity contribution in [3.8, 4) is 0 Å². The predicted octanol–water partition coefficient (Wildman–Crippen LogP) is 3.69. The van der Waals surface area contributed by atoms with Crippen molar-refractivity contribution in [2.24, 2.45) is 0 Å². The molecule has 0 saturated carbocycles. The number of para-hydroxylation sites is 1. The molecule has 0 atom stereocenters. The van der Waals surface area contributed by atoms with Crippen LogP contribution >= 0.6 is 0 Å². The molecule has 0 spiro atoms. The van der Waals surface area contributed by atoms with Gasteiger partial charge in [-0.3, -0.25) is 19.3 Å². The molecular formula is C26H22N2O5. The molecule has 4 rings (SSSR count). The Balaban J connectivity index is 1.44. The largest absolute Gasteiger partial charge is 0.452 e. The number of rotatable bonds is 7. The normalized spacial score (nSPS) is 12.5. The van der Waals surface area contributed by atoms with Crippen molar-refractivity contribution in [1.29, 1.82) is 0 Å². The van der Waals surface area contributed by atoms with Gasteiger partial charge in [0.25, 0.3) is 17.7 Å². The van der Waals surface area contributed by atoms with Crippen LogP contribution in [0.1, 0.15) is 43.6 Å². The molecule has 7 nitrogen and oxygen atoms in total. The zero-order chi connectivity index (χ0) is 23.4. The van der Waals surface area contributed by atoms with Gasteiger partial charge < -0.3 is 9.64 Å². The first kappa shape index (κ1) is 22.0. The minimum atomic E-state index is -0.739. The van der Waals surface area contributed by atoms with Gasteiger partial charge in [0.05, 0.1) is 23.2 Å². The summed E-state index contributed by atoms with van der Waals surface area (Å²) in [7, 11) is 0. The van der Waals surface area contributed by atoms with Crippen LogP contribution in [-0.2, 0) is 16.1 Å². The first-order chi connectivity index (χ1) is 16.0. The standard InChI is InChI=1S/C26H22N2O5/c1-2-27(20-11-7-4-8-12-20)23(29)17-33-26(32)19-13-14-21-22(15-19)25(31)28(24(21)30)16-18-9-5-3-6-10-18/h3-15H,2,16-17H2,1H3. The quantitative estimate of drug-likeness (QED) is 0.412. The van der Waals surface area contributed by atoms with Crippen LogP contribution in [0.4, 0.5) is 5.69 Å². The van der Waals surface area contributed by atoms with Crippen LogP contribution in [-0.4, -0.2) is 41.7 Å². The molecule has 0 N–H and O–H groups in total. The highest BCUT2D eigenvalue weighted by atomic mass is 16.5. The summed E-state index contributed by atoms with van der Waals surface area (Å²) in [6.07, 6.45) is 0. The minimum Gasteiger partial charge on any atom is -0.452 e. The predicted molar refractivity (Wildman–Crippen MR) is 122 cm³/mol. The Morgan fingerprint density at radius 1 is 0.848 bits per heavy atom. The van der Waals surface area contributed by atoms with Gasteiger partial charge >= 0.3 is 5.97 Å². The molecule has 3 amide bonds. The molecule has 0 saturated heterocycles. The summed E-state index contributed by atoms with van der Waals surface area (Å²) < 4.78 is 5.20. The second-order valence-electron chi connectivity index (χ2n) is 7.49. The van der Waals surface area contributed by atoms with Gasteiger partial charge in [0.1, 0.15) is 0 Å². The summed E-state index contributed by atoms with van der Waals surface area (Å²) >= 11 is 0. The molecule has 166 valence electrons. The fourth-order valence-electron chi connectivity index (χ4n) is 3.73. The number of carbonyl (C=O) groups excluding carboxylic acids is 4. The topological polar surface area (TPSA) is 84.0 Å². The maximum Gasteiger partial charge on any atom is 0.338 e. The number of likely N-dealkylation sites (N-methyl/N-ethyl adjacent to an activating group) is 1. The van der Waals surface area contributed by atoms with Gasteiger partial charge in [0.15, 0.2) is 6.61 Å². The molecule has 1 aliphatic rings. The Kier molecular flexibility index (Phi) is 6.31. The molecule has 0 aliphatic carbocycles. The maximum absolute atomic E-state index is 12.8. The Morgan fingerprint density at radius 2 is 1.48 bits per heavy atom. The van der Waals surface area contributed by atoms with Crippen molar-refractivity contribution in [2.75, 3.05) is 18.1 Å². The summed E-state index contributed by atoms with van der Waals surface area (Å²) in [5.41, 5.74) is 2.03. The van der Waals surface area contributed by atoms with Gasteiger partial charge in [-0.1, -0.05) is 48.5 Å². The smallest absolute Gasteiger partial charge is 0.338 e. The van der Waals surface area contributed by atoms with E-state index in [1.807, 2.05) is 55.5 Å². The van der Waals surface area contributed by atoms with Gasteiger partial charge in [0.2, 0.25) is 0 Å².